The minimum atomic E-state index is -0.540. The summed E-state index contributed by atoms with van der Waals surface area (Å²) in [5.74, 6) is -0.810. The lowest BCUT2D eigenvalue weighted by Crippen LogP contribution is -2.24. The molecule has 30 heavy (non-hydrogen) atoms. The van der Waals surface area contributed by atoms with Gasteiger partial charge in [-0.15, -0.1) is 0 Å². The van der Waals surface area contributed by atoms with Crippen LogP contribution in [0.2, 0.25) is 0 Å². The molecule has 4 rings (SSSR count). The molecule has 0 bridgehead atoms. The predicted molar refractivity (Wildman–Crippen MR) is 111 cm³/mol. The Morgan fingerprint density at radius 3 is 2.77 bits per heavy atom. The van der Waals surface area contributed by atoms with Crippen molar-refractivity contribution in [2.45, 2.75) is 26.5 Å². The molecule has 0 aliphatic rings. The number of ether oxygens (including phenoxy) is 1. The van der Waals surface area contributed by atoms with Gasteiger partial charge in [0.1, 0.15) is 5.52 Å². The van der Waals surface area contributed by atoms with Crippen molar-refractivity contribution in [1.29, 1.82) is 0 Å². The summed E-state index contributed by atoms with van der Waals surface area (Å²) >= 11 is 0. The monoisotopic (exact) mass is 404 g/mol. The number of nitrogens with zero attached hydrogens (tertiary/aromatic N) is 3. The van der Waals surface area contributed by atoms with E-state index in [0.29, 0.717) is 16.4 Å². The van der Waals surface area contributed by atoms with Gasteiger partial charge in [-0.25, -0.2) is 9.78 Å². The molecule has 3 aromatic heterocycles. The van der Waals surface area contributed by atoms with Gasteiger partial charge >= 0.3 is 6.09 Å². The normalized spacial score (nSPS) is 11.2. The molecule has 8 heteroatoms. The largest absolute Gasteiger partial charge is 0.504 e. The first-order chi connectivity index (χ1) is 14.5. The van der Waals surface area contributed by atoms with Crippen molar-refractivity contribution in [3.63, 3.8) is 0 Å². The maximum absolute atomic E-state index is 12.6. The Bertz CT molecular complexity index is 1260. The van der Waals surface area contributed by atoms with E-state index in [2.05, 4.69) is 15.3 Å². The zero-order chi connectivity index (χ0) is 21.3. The van der Waals surface area contributed by atoms with E-state index in [1.807, 2.05) is 24.3 Å². The highest BCUT2D eigenvalue weighted by molar-refractivity contribution is 6.00. The van der Waals surface area contributed by atoms with Gasteiger partial charge in [0.05, 0.1) is 11.6 Å². The minimum Gasteiger partial charge on any atom is -0.504 e. The number of hydrogen-bond acceptors (Lipinski definition) is 6. The summed E-state index contributed by atoms with van der Waals surface area (Å²) in [4.78, 5) is 33.2. The fourth-order valence-corrected chi connectivity index (χ4v) is 3.25. The summed E-state index contributed by atoms with van der Waals surface area (Å²) < 4.78 is 6.72. The smallest absolute Gasteiger partial charge is 0.418 e. The summed E-state index contributed by atoms with van der Waals surface area (Å²) in [7, 11) is 0. The van der Waals surface area contributed by atoms with Gasteiger partial charge < -0.3 is 15.2 Å². The SMILES string of the molecule is CC(C)OC(=O)n1cc(CNC(=O)c2ncc3cccnc3c2O)c2ccccc21. The third-order valence-electron chi connectivity index (χ3n) is 4.60. The first kappa shape index (κ1) is 19.4. The van der Waals surface area contributed by atoms with Crippen LogP contribution in [-0.2, 0) is 11.3 Å². The second-order valence-electron chi connectivity index (χ2n) is 7.05. The van der Waals surface area contributed by atoms with Crippen molar-refractivity contribution in [3.05, 3.63) is 66.2 Å². The van der Waals surface area contributed by atoms with Crippen LogP contribution in [0.5, 0.6) is 5.75 Å². The van der Waals surface area contributed by atoms with E-state index in [-0.39, 0.29) is 24.1 Å². The number of carbonyl (C=O) groups is 2. The standard InChI is InChI=1S/C22H20N4O4/c1-13(2)30-22(29)26-12-15(16-7-3-4-8-17(16)26)11-25-21(28)19-20(27)18-14(10-24-19)6-5-9-23-18/h3-10,12-13,27H,11H2,1-2H3,(H,25,28). The number of rotatable bonds is 4. The minimum absolute atomic E-state index is 0.107. The summed E-state index contributed by atoms with van der Waals surface area (Å²) in [6.07, 6.45) is 3.93. The van der Waals surface area contributed by atoms with Crippen LogP contribution in [0, 0.1) is 0 Å². The van der Waals surface area contributed by atoms with Crippen LogP contribution in [-0.4, -0.2) is 37.7 Å². The van der Waals surface area contributed by atoms with E-state index in [1.54, 1.807) is 32.2 Å². The molecule has 0 fully saturated rings. The molecular weight excluding hydrogens is 384 g/mol. The third-order valence-corrected chi connectivity index (χ3v) is 4.60. The van der Waals surface area contributed by atoms with Crippen LogP contribution in [0.15, 0.2) is 55.0 Å². The molecule has 1 aromatic carbocycles. The molecule has 0 saturated heterocycles. The molecule has 152 valence electrons. The van der Waals surface area contributed by atoms with Crippen LogP contribution >= 0.6 is 0 Å². The summed E-state index contributed by atoms with van der Waals surface area (Å²) in [5, 5.41) is 14.6. The Kier molecular flexibility index (Phi) is 5.05. The van der Waals surface area contributed by atoms with Crippen LogP contribution in [0.4, 0.5) is 4.79 Å². The van der Waals surface area contributed by atoms with Gasteiger partial charge in [0.2, 0.25) is 0 Å². The summed E-state index contributed by atoms with van der Waals surface area (Å²) in [6.45, 7) is 3.70. The number of benzene rings is 1. The number of carbonyl (C=O) groups excluding carboxylic acids is 2. The average Bonchev–Trinajstić information content (AvgIpc) is 3.11. The molecule has 0 unspecified atom stereocenters. The molecule has 0 aliphatic carbocycles. The number of pyridine rings is 2. The van der Waals surface area contributed by atoms with Crippen LogP contribution in [0.1, 0.15) is 29.9 Å². The molecule has 2 N–H and O–H groups in total. The van der Waals surface area contributed by atoms with Crippen LogP contribution < -0.4 is 5.32 Å². The highest BCUT2D eigenvalue weighted by atomic mass is 16.6. The highest BCUT2D eigenvalue weighted by Gasteiger charge is 2.19. The van der Waals surface area contributed by atoms with E-state index in [4.69, 9.17) is 4.74 Å². The molecule has 1 amide bonds. The van der Waals surface area contributed by atoms with Gasteiger partial charge in [-0.05, 0) is 37.6 Å². The lowest BCUT2D eigenvalue weighted by molar-refractivity contribution is 0.0943. The van der Waals surface area contributed by atoms with E-state index in [9.17, 15) is 14.7 Å². The molecule has 0 aliphatic heterocycles. The fraction of sp³-hybridized carbons (Fsp3) is 0.182. The summed E-state index contributed by atoms with van der Waals surface area (Å²) in [6, 6.07) is 10.8. The maximum atomic E-state index is 12.6. The number of para-hydroxylation sites is 1. The van der Waals surface area contributed by atoms with Crippen molar-refractivity contribution in [1.82, 2.24) is 19.9 Å². The number of aromatic nitrogens is 3. The first-order valence-corrected chi connectivity index (χ1v) is 9.46. The van der Waals surface area contributed by atoms with Crippen molar-refractivity contribution < 1.29 is 19.4 Å². The predicted octanol–water partition coefficient (Wildman–Crippen LogP) is 3.61. The van der Waals surface area contributed by atoms with Gasteiger partial charge in [-0.1, -0.05) is 18.2 Å². The second-order valence-corrected chi connectivity index (χ2v) is 7.05. The lowest BCUT2D eigenvalue weighted by Gasteiger charge is -2.08. The average molecular weight is 404 g/mol. The maximum Gasteiger partial charge on any atom is 0.418 e. The van der Waals surface area contributed by atoms with Crippen molar-refractivity contribution in [2.24, 2.45) is 0 Å². The Labute approximate surface area is 172 Å². The van der Waals surface area contributed by atoms with E-state index in [1.165, 1.54) is 17.0 Å². The molecule has 8 nitrogen and oxygen atoms in total. The van der Waals surface area contributed by atoms with Gasteiger partial charge in [-0.3, -0.25) is 14.3 Å². The first-order valence-electron chi connectivity index (χ1n) is 9.46. The Morgan fingerprint density at radius 1 is 1.17 bits per heavy atom. The number of hydrogen-bond donors (Lipinski definition) is 2. The van der Waals surface area contributed by atoms with Crippen molar-refractivity contribution in [2.75, 3.05) is 0 Å². The topological polar surface area (TPSA) is 106 Å². The zero-order valence-corrected chi connectivity index (χ0v) is 16.5. The van der Waals surface area contributed by atoms with Crippen LogP contribution in [0.3, 0.4) is 0 Å². The molecule has 3 heterocycles. The number of aromatic hydroxyl groups is 1. The van der Waals surface area contributed by atoms with Crippen LogP contribution in [0.25, 0.3) is 21.8 Å². The fourth-order valence-electron chi connectivity index (χ4n) is 3.25. The van der Waals surface area contributed by atoms with Gasteiger partial charge in [-0.2, -0.15) is 0 Å². The second kappa shape index (κ2) is 7.82. The Balaban J connectivity index is 1.60. The Morgan fingerprint density at radius 2 is 1.97 bits per heavy atom. The zero-order valence-electron chi connectivity index (χ0n) is 16.5. The number of nitrogens with one attached hydrogen (secondary N) is 1. The third kappa shape index (κ3) is 3.55. The van der Waals surface area contributed by atoms with Gasteiger partial charge in [0.15, 0.2) is 11.4 Å². The lowest BCUT2D eigenvalue weighted by atomic mass is 10.1. The number of fused-ring (bicyclic) bond motifs is 2. The van der Waals surface area contributed by atoms with E-state index < -0.39 is 12.0 Å². The molecule has 4 aromatic rings. The molecule has 0 atom stereocenters. The molecule has 0 saturated carbocycles. The van der Waals surface area contributed by atoms with Gasteiger partial charge in [0.25, 0.3) is 5.91 Å². The highest BCUT2D eigenvalue weighted by Crippen LogP contribution is 2.25. The summed E-state index contributed by atoms with van der Waals surface area (Å²) in [5.41, 5.74) is 1.62. The Hall–Kier alpha value is -3.94. The van der Waals surface area contributed by atoms with E-state index >= 15 is 0 Å². The van der Waals surface area contributed by atoms with Crippen molar-refractivity contribution in [3.8, 4) is 5.75 Å². The number of amides is 1. The van der Waals surface area contributed by atoms with Crippen molar-refractivity contribution >= 4 is 33.8 Å². The van der Waals surface area contributed by atoms with Gasteiger partial charge in [0, 0.05) is 35.9 Å². The molecular formula is C22H20N4O4. The quantitative estimate of drug-likeness (QED) is 0.538. The molecule has 0 spiro atoms. The molecule has 0 radical (unpaired) electrons. The van der Waals surface area contributed by atoms with E-state index in [0.717, 1.165) is 10.9 Å².